The average molecular weight is 392 g/mol. The summed E-state index contributed by atoms with van der Waals surface area (Å²) in [5.74, 6) is 1.30. The van der Waals surface area contributed by atoms with Crippen molar-refractivity contribution in [2.75, 3.05) is 0 Å². The van der Waals surface area contributed by atoms with Gasteiger partial charge in [-0.15, -0.1) is 11.3 Å². The van der Waals surface area contributed by atoms with E-state index in [9.17, 15) is 0 Å². The number of hydrogen-bond acceptors (Lipinski definition) is 5. The Hall–Kier alpha value is -1.50. The molecule has 0 aliphatic carbocycles. The Morgan fingerprint density at radius 2 is 2.00 bits per heavy atom. The lowest BCUT2D eigenvalue weighted by atomic mass is 10.2. The van der Waals surface area contributed by atoms with E-state index in [0.29, 0.717) is 24.3 Å². The minimum atomic E-state index is 0.390. The Bertz CT molecular complexity index is 754. The van der Waals surface area contributed by atoms with Crippen LogP contribution < -0.4 is 0 Å². The predicted octanol–water partition coefficient (Wildman–Crippen LogP) is 4.97. The van der Waals surface area contributed by atoms with Gasteiger partial charge in [0.2, 0.25) is 11.7 Å². The van der Waals surface area contributed by atoms with Crippen LogP contribution in [-0.2, 0) is 13.1 Å². The van der Waals surface area contributed by atoms with E-state index in [1.807, 2.05) is 17.5 Å². The molecule has 6 heteroatoms. The van der Waals surface area contributed by atoms with Crippen molar-refractivity contribution in [3.05, 3.63) is 57.7 Å². The van der Waals surface area contributed by atoms with Crippen LogP contribution in [0.15, 0.2) is 50.8 Å². The Morgan fingerprint density at radius 3 is 2.65 bits per heavy atom. The zero-order valence-electron chi connectivity index (χ0n) is 13.1. The highest BCUT2D eigenvalue weighted by atomic mass is 79.9. The normalized spacial score (nSPS) is 11.5. The van der Waals surface area contributed by atoms with Crippen LogP contribution in [0.5, 0.6) is 0 Å². The third-order valence-electron chi connectivity index (χ3n) is 3.55. The fourth-order valence-electron chi connectivity index (χ4n) is 2.26. The molecule has 0 aliphatic heterocycles. The van der Waals surface area contributed by atoms with E-state index in [0.717, 1.165) is 15.9 Å². The highest BCUT2D eigenvalue weighted by Gasteiger charge is 2.16. The second-order valence-electron chi connectivity index (χ2n) is 5.63. The second-order valence-corrected chi connectivity index (χ2v) is 7.45. The number of nitrogens with zero attached hydrogens (tertiary/aromatic N) is 3. The molecule has 4 nitrogen and oxygen atoms in total. The monoisotopic (exact) mass is 391 g/mol. The van der Waals surface area contributed by atoms with E-state index in [-0.39, 0.29) is 0 Å². The van der Waals surface area contributed by atoms with E-state index < -0.39 is 0 Å². The first-order chi connectivity index (χ1) is 11.1. The molecular formula is C17H18BrN3OS. The van der Waals surface area contributed by atoms with Crippen LogP contribution in [0.3, 0.4) is 0 Å². The fourth-order valence-corrected chi connectivity index (χ4v) is 3.61. The molecule has 23 heavy (non-hydrogen) atoms. The standard InChI is InChI=1S/C17H18BrN3OS/c1-12(2)21(9-13-6-4-3-5-7-13)10-16-19-17(20-22-16)15-8-14(18)11-23-15/h3-8,11-12H,9-10H2,1-2H3. The number of thiophene rings is 1. The summed E-state index contributed by atoms with van der Waals surface area (Å²) in [7, 11) is 0. The van der Waals surface area contributed by atoms with Gasteiger partial charge >= 0.3 is 0 Å². The molecule has 0 saturated heterocycles. The Morgan fingerprint density at radius 1 is 1.22 bits per heavy atom. The van der Waals surface area contributed by atoms with Gasteiger partial charge in [0.05, 0.1) is 11.4 Å². The van der Waals surface area contributed by atoms with Gasteiger partial charge in [-0.05, 0) is 41.4 Å². The molecule has 0 unspecified atom stereocenters. The third-order valence-corrected chi connectivity index (χ3v) is 5.24. The van der Waals surface area contributed by atoms with Gasteiger partial charge in [0.25, 0.3) is 0 Å². The van der Waals surface area contributed by atoms with Crippen molar-refractivity contribution < 1.29 is 4.52 Å². The topological polar surface area (TPSA) is 42.2 Å². The lowest BCUT2D eigenvalue weighted by Crippen LogP contribution is -2.29. The Kier molecular flexibility index (Phi) is 5.25. The van der Waals surface area contributed by atoms with E-state index in [1.165, 1.54) is 5.56 Å². The van der Waals surface area contributed by atoms with E-state index in [4.69, 9.17) is 4.52 Å². The molecule has 0 saturated carbocycles. The quantitative estimate of drug-likeness (QED) is 0.594. The van der Waals surface area contributed by atoms with Gasteiger partial charge in [0.1, 0.15) is 0 Å². The van der Waals surface area contributed by atoms with Crippen LogP contribution in [0.2, 0.25) is 0 Å². The predicted molar refractivity (Wildman–Crippen MR) is 96.1 cm³/mol. The molecule has 0 fully saturated rings. The number of benzene rings is 1. The highest BCUT2D eigenvalue weighted by Crippen LogP contribution is 2.28. The molecule has 0 N–H and O–H groups in total. The molecule has 2 aromatic heterocycles. The van der Waals surface area contributed by atoms with E-state index >= 15 is 0 Å². The SMILES string of the molecule is CC(C)N(Cc1ccccc1)Cc1nc(-c2cc(Br)cs2)no1. The smallest absolute Gasteiger partial charge is 0.241 e. The summed E-state index contributed by atoms with van der Waals surface area (Å²) in [4.78, 5) is 7.85. The number of halogens is 1. The van der Waals surface area contributed by atoms with Gasteiger partial charge < -0.3 is 4.52 Å². The van der Waals surface area contributed by atoms with Crippen molar-refractivity contribution in [3.63, 3.8) is 0 Å². The maximum Gasteiger partial charge on any atom is 0.241 e. The van der Waals surface area contributed by atoms with Crippen molar-refractivity contribution in [2.24, 2.45) is 0 Å². The first kappa shape index (κ1) is 16.4. The average Bonchev–Trinajstić information content (AvgIpc) is 3.16. The first-order valence-corrected chi connectivity index (χ1v) is 9.14. The summed E-state index contributed by atoms with van der Waals surface area (Å²) in [6, 6.07) is 12.8. The van der Waals surface area contributed by atoms with Crippen molar-refractivity contribution in [3.8, 4) is 10.7 Å². The molecule has 3 rings (SSSR count). The van der Waals surface area contributed by atoms with Crippen LogP contribution in [0.1, 0.15) is 25.3 Å². The van der Waals surface area contributed by atoms with Crippen LogP contribution >= 0.6 is 27.3 Å². The lowest BCUT2D eigenvalue weighted by Gasteiger charge is -2.24. The van der Waals surface area contributed by atoms with Crippen molar-refractivity contribution in [2.45, 2.75) is 33.0 Å². The minimum Gasteiger partial charge on any atom is -0.338 e. The van der Waals surface area contributed by atoms with Crippen LogP contribution in [0, 0.1) is 0 Å². The zero-order chi connectivity index (χ0) is 16.2. The summed E-state index contributed by atoms with van der Waals surface area (Å²) in [5.41, 5.74) is 1.28. The number of hydrogen-bond donors (Lipinski definition) is 0. The lowest BCUT2D eigenvalue weighted by molar-refractivity contribution is 0.176. The Balaban J connectivity index is 1.72. The highest BCUT2D eigenvalue weighted by molar-refractivity contribution is 9.10. The van der Waals surface area contributed by atoms with E-state index in [1.54, 1.807) is 11.3 Å². The molecule has 0 atom stereocenters. The maximum atomic E-state index is 5.44. The first-order valence-electron chi connectivity index (χ1n) is 7.47. The summed E-state index contributed by atoms with van der Waals surface area (Å²) in [6.45, 7) is 5.86. The summed E-state index contributed by atoms with van der Waals surface area (Å²) >= 11 is 5.05. The van der Waals surface area contributed by atoms with Crippen LogP contribution in [0.4, 0.5) is 0 Å². The molecule has 0 aliphatic rings. The van der Waals surface area contributed by atoms with Crippen molar-refractivity contribution in [1.82, 2.24) is 15.0 Å². The molecular weight excluding hydrogens is 374 g/mol. The van der Waals surface area contributed by atoms with Gasteiger partial charge in [0.15, 0.2) is 0 Å². The van der Waals surface area contributed by atoms with Gasteiger partial charge in [-0.2, -0.15) is 4.98 Å². The largest absolute Gasteiger partial charge is 0.338 e. The molecule has 3 aromatic rings. The number of rotatable bonds is 6. The van der Waals surface area contributed by atoms with Crippen molar-refractivity contribution >= 4 is 27.3 Å². The molecule has 0 radical (unpaired) electrons. The molecule has 1 aromatic carbocycles. The molecule has 120 valence electrons. The van der Waals surface area contributed by atoms with E-state index in [2.05, 4.69) is 69.1 Å². The second kappa shape index (κ2) is 7.38. The van der Waals surface area contributed by atoms with Gasteiger partial charge in [-0.25, -0.2) is 0 Å². The maximum absolute atomic E-state index is 5.44. The summed E-state index contributed by atoms with van der Waals surface area (Å²) < 4.78 is 6.47. The fraction of sp³-hybridized carbons (Fsp3) is 0.294. The van der Waals surface area contributed by atoms with Crippen LogP contribution in [-0.4, -0.2) is 21.1 Å². The van der Waals surface area contributed by atoms with Crippen molar-refractivity contribution in [1.29, 1.82) is 0 Å². The summed E-state index contributed by atoms with van der Waals surface area (Å²) in [5, 5.41) is 6.11. The third kappa shape index (κ3) is 4.28. The van der Waals surface area contributed by atoms with Gasteiger partial charge in [-0.3, -0.25) is 4.90 Å². The number of aromatic nitrogens is 2. The van der Waals surface area contributed by atoms with Gasteiger partial charge in [0, 0.05) is 22.4 Å². The molecule has 0 spiro atoms. The zero-order valence-corrected chi connectivity index (χ0v) is 15.5. The molecule has 0 bridgehead atoms. The molecule has 0 amide bonds. The summed E-state index contributed by atoms with van der Waals surface area (Å²) in [6.07, 6.45) is 0. The van der Waals surface area contributed by atoms with Gasteiger partial charge in [-0.1, -0.05) is 35.5 Å². The van der Waals surface area contributed by atoms with Crippen LogP contribution in [0.25, 0.3) is 10.7 Å². The Labute approximate surface area is 148 Å². The molecule has 2 heterocycles. The minimum absolute atomic E-state index is 0.390.